The summed E-state index contributed by atoms with van der Waals surface area (Å²) in [4.78, 5) is 1.47. The number of hydrogen-bond donors (Lipinski definition) is 1. The average molecular weight is 419 g/mol. The zero-order valence-corrected chi connectivity index (χ0v) is 16.9. The molecular weight excluding hydrogens is 396 g/mol. The van der Waals surface area contributed by atoms with Crippen molar-refractivity contribution in [2.75, 3.05) is 32.8 Å². The van der Waals surface area contributed by atoms with Crippen LogP contribution in [0.5, 0.6) is 5.75 Å². The second-order valence-corrected chi connectivity index (χ2v) is 8.65. The van der Waals surface area contributed by atoms with E-state index in [-0.39, 0.29) is 4.90 Å². The molecule has 0 unspecified atom stereocenters. The first-order chi connectivity index (χ1) is 14.1. The minimum atomic E-state index is -3.51. The number of furan rings is 1. The van der Waals surface area contributed by atoms with Gasteiger partial charge in [-0.1, -0.05) is 0 Å². The highest BCUT2D eigenvalue weighted by atomic mass is 32.2. The van der Waals surface area contributed by atoms with Gasteiger partial charge in [-0.25, -0.2) is 8.42 Å². The van der Waals surface area contributed by atoms with E-state index in [2.05, 4.69) is 10.2 Å². The lowest BCUT2D eigenvalue weighted by Crippen LogP contribution is -3.13. The lowest BCUT2D eigenvalue weighted by atomic mass is 10.3. The summed E-state index contributed by atoms with van der Waals surface area (Å²) in [6.07, 6.45) is 1.55. The van der Waals surface area contributed by atoms with E-state index in [0.29, 0.717) is 62.6 Å². The van der Waals surface area contributed by atoms with Crippen LogP contribution in [0.3, 0.4) is 0 Å². The number of hydrogen-bond acceptors (Lipinski definition) is 7. The van der Waals surface area contributed by atoms with Gasteiger partial charge in [0.25, 0.3) is 11.8 Å². The number of quaternary nitrogens is 1. The summed E-state index contributed by atoms with van der Waals surface area (Å²) in [5.41, 5.74) is 0. The van der Waals surface area contributed by atoms with E-state index in [1.807, 2.05) is 6.92 Å². The number of rotatable bonds is 7. The quantitative estimate of drug-likeness (QED) is 0.605. The molecule has 0 bridgehead atoms. The largest absolute Gasteiger partial charge is 0.494 e. The van der Waals surface area contributed by atoms with Crippen molar-refractivity contribution in [2.45, 2.75) is 18.4 Å². The molecule has 1 saturated heterocycles. The van der Waals surface area contributed by atoms with Gasteiger partial charge in [0.1, 0.15) is 5.75 Å². The van der Waals surface area contributed by atoms with E-state index in [1.165, 1.54) is 9.21 Å². The van der Waals surface area contributed by atoms with Crippen molar-refractivity contribution in [1.82, 2.24) is 14.5 Å². The highest BCUT2D eigenvalue weighted by Crippen LogP contribution is 2.20. The highest BCUT2D eigenvalue weighted by Gasteiger charge is 2.31. The van der Waals surface area contributed by atoms with Crippen LogP contribution in [-0.2, 0) is 16.6 Å². The summed E-state index contributed by atoms with van der Waals surface area (Å²) < 4.78 is 43.6. The molecule has 0 aliphatic carbocycles. The molecule has 1 aromatic carbocycles. The Morgan fingerprint density at radius 1 is 1.14 bits per heavy atom. The Hall–Kier alpha value is -2.69. The summed E-state index contributed by atoms with van der Waals surface area (Å²) in [6.45, 7) is 5.17. The zero-order valence-electron chi connectivity index (χ0n) is 16.1. The van der Waals surface area contributed by atoms with E-state index < -0.39 is 10.0 Å². The second-order valence-electron chi connectivity index (χ2n) is 6.71. The molecule has 1 aliphatic rings. The fraction of sp³-hybridized carbons (Fsp3) is 0.368. The van der Waals surface area contributed by atoms with Gasteiger partial charge in [-0.2, -0.15) is 4.31 Å². The van der Waals surface area contributed by atoms with Crippen LogP contribution in [0, 0.1) is 0 Å². The molecule has 0 amide bonds. The van der Waals surface area contributed by atoms with Gasteiger partial charge >= 0.3 is 0 Å². The number of aromatic nitrogens is 2. The summed E-state index contributed by atoms with van der Waals surface area (Å²) >= 11 is 0. The standard InChI is InChI=1S/C19H22N4O5S/c1-2-26-15-5-7-16(8-6-15)29(24,25)23-11-9-22(10-12-23)14-18-20-21-19(28-18)17-4-3-13-27-17/h3-8,13H,2,9-12,14H2,1H3/p+1. The van der Waals surface area contributed by atoms with Gasteiger partial charge in [-0.05, 0) is 43.3 Å². The van der Waals surface area contributed by atoms with Gasteiger partial charge in [-0.3, -0.25) is 0 Å². The first kappa shape index (κ1) is 19.6. The van der Waals surface area contributed by atoms with Crippen LogP contribution in [-0.4, -0.2) is 55.7 Å². The van der Waals surface area contributed by atoms with Crippen LogP contribution in [0.25, 0.3) is 11.7 Å². The predicted molar refractivity (Wildman–Crippen MR) is 103 cm³/mol. The molecule has 29 heavy (non-hydrogen) atoms. The smallest absolute Gasteiger partial charge is 0.283 e. The van der Waals surface area contributed by atoms with E-state index in [0.717, 1.165) is 0 Å². The summed E-state index contributed by atoms with van der Waals surface area (Å²) in [7, 11) is -3.51. The van der Waals surface area contributed by atoms with Crippen molar-refractivity contribution < 1.29 is 26.9 Å². The van der Waals surface area contributed by atoms with Crippen molar-refractivity contribution in [1.29, 1.82) is 0 Å². The molecule has 1 fully saturated rings. The van der Waals surface area contributed by atoms with Crippen LogP contribution in [0.15, 0.2) is 56.4 Å². The summed E-state index contributed by atoms with van der Waals surface area (Å²) in [6, 6.07) is 10.1. The number of nitrogens with zero attached hydrogens (tertiary/aromatic N) is 3. The molecule has 10 heteroatoms. The molecule has 2 aromatic heterocycles. The Morgan fingerprint density at radius 2 is 1.90 bits per heavy atom. The van der Waals surface area contributed by atoms with E-state index in [1.54, 1.807) is 42.7 Å². The molecule has 0 spiro atoms. The minimum absolute atomic E-state index is 0.282. The average Bonchev–Trinajstić information content (AvgIpc) is 3.41. The first-order valence-electron chi connectivity index (χ1n) is 9.49. The molecule has 0 saturated carbocycles. The molecular formula is C19H23N4O5S+. The molecule has 9 nitrogen and oxygen atoms in total. The van der Waals surface area contributed by atoms with Crippen LogP contribution in [0.4, 0.5) is 0 Å². The van der Waals surface area contributed by atoms with Gasteiger partial charge in [0, 0.05) is 0 Å². The first-order valence-corrected chi connectivity index (χ1v) is 10.9. The third-order valence-electron chi connectivity index (χ3n) is 4.80. The van der Waals surface area contributed by atoms with Crippen LogP contribution in [0.1, 0.15) is 12.8 Å². The number of ether oxygens (including phenoxy) is 1. The van der Waals surface area contributed by atoms with E-state index in [4.69, 9.17) is 13.6 Å². The Labute approximate surface area is 168 Å². The lowest BCUT2D eigenvalue weighted by Gasteiger charge is -2.30. The SMILES string of the molecule is CCOc1ccc(S(=O)(=O)N2CC[NH+](Cc3nnc(-c4ccco4)o3)CC2)cc1. The Bertz CT molecular complexity index is 1020. The second kappa shape index (κ2) is 8.36. The monoisotopic (exact) mass is 419 g/mol. The topological polar surface area (TPSA) is 103 Å². The molecule has 1 N–H and O–H groups in total. The van der Waals surface area contributed by atoms with E-state index in [9.17, 15) is 8.42 Å². The molecule has 154 valence electrons. The fourth-order valence-corrected chi connectivity index (χ4v) is 4.72. The maximum absolute atomic E-state index is 12.9. The highest BCUT2D eigenvalue weighted by molar-refractivity contribution is 7.89. The fourth-order valence-electron chi connectivity index (χ4n) is 3.28. The van der Waals surface area contributed by atoms with Crippen molar-refractivity contribution >= 4 is 10.0 Å². The maximum atomic E-state index is 12.9. The summed E-state index contributed by atoms with van der Waals surface area (Å²) in [5.74, 6) is 2.05. The Balaban J connectivity index is 1.35. The van der Waals surface area contributed by atoms with E-state index >= 15 is 0 Å². The number of piperazine rings is 1. The van der Waals surface area contributed by atoms with Crippen molar-refractivity contribution in [2.24, 2.45) is 0 Å². The summed E-state index contributed by atoms with van der Waals surface area (Å²) in [5, 5.41) is 8.06. The third kappa shape index (κ3) is 4.34. The minimum Gasteiger partial charge on any atom is -0.494 e. The van der Waals surface area contributed by atoms with Crippen LogP contribution in [0.2, 0.25) is 0 Å². The molecule has 3 aromatic rings. The number of benzene rings is 1. The van der Waals surface area contributed by atoms with Gasteiger partial charge in [0.15, 0.2) is 12.3 Å². The number of nitrogens with one attached hydrogen (secondary N) is 1. The lowest BCUT2D eigenvalue weighted by molar-refractivity contribution is -0.918. The van der Waals surface area contributed by atoms with Crippen molar-refractivity contribution in [3.05, 3.63) is 48.6 Å². The van der Waals surface area contributed by atoms with Crippen LogP contribution >= 0.6 is 0 Å². The van der Waals surface area contributed by atoms with Gasteiger partial charge in [-0.15, -0.1) is 10.2 Å². The third-order valence-corrected chi connectivity index (χ3v) is 6.71. The molecule has 0 radical (unpaired) electrons. The number of sulfonamides is 1. The molecule has 0 atom stereocenters. The van der Waals surface area contributed by atoms with Gasteiger partial charge < -0.3 is 18.5 Å². The molecule has 1 aliphatic heterocycles. The molecule has 4 rings (SSSR count). The van der Waals surface area contributed by atoms with Gasteiger partial charge in [0.05, 0.1) is 43.9 Å². The molecule has 3 heterocycles. The zero-order chi connectivity index (χ0) is 20.3. The van der Waals surface area contributed by atoms with Crippen molar-refractivity contribution in [3.8, 4) is 17.4 Å². The van der Waals surface area contributed by atoms with Crippen LogP contribution < -0.4 is 9.64 Å². The maximum Gasteiger partial charge on any atom is 0.283 e. The predicted octanol–water partition coefficient (Wildman–Crippen LogP) is 0.818. The Kier molecular flexibility index (Phi) is 5.65. The Morgan fingerprint density at radius 3 is 2.55 bits per heavy atom. The van der Waals surface area contributed by atoms with Crippen molar-refractivity contribution in [3.63, 3.8) is 0 Å². The normalized spacial score (nSPS) is 16.2. The van der Waals surface area contributed by atoms with Gasteiger partial charge in [0.2, 0.25) is 10.0 Å².